The van der Waals surface area contributed by atoms with Crippen LogP contribution in [0.2, 0.25) is 5.02 Å². The lowest BCUT2D eigenvalue weighted by atomic mass is 10.2. The van der Waals surface area contributed by atoms with Crippen LogP contribution in [0.5, 0.6) is 0 Å². The first-order valence-electron chi connectivity index (χ1n) is 11.0. The molecule has 2 aliphatic rings. The summed E-state index contributed by atoms with van der Waals surface area (Å²) in [4.78, 5) is 30.2. The van der Waals surface area contributed by atoms with Crippen molar-refractivity contribution in [1.29, 1.82) is 0 Å². The Morgan fingerprint density at radius 1 is 1.03 bits per heavy atom. The lowest BCUT2D eigenvalue weighted by molar-refractivity contribution is -0.131. The Balaban J connectivity index is 1.23. The van der Waals surface area contributed by atoms with Crippen molar-refractivity contribution in [2.75, 3.05) is 37.6 Å². The first-order valence-corrected chi connectivity index (χ1v) is 12.5. The second-order valence-electron chi connectivity index (χ2n) is 8.23. The van der Waals surface area contributed by atoms with Gasteiger partial charge in [-0.3, -0.25) is 9.59 Å². The number of hydrogen-bond acceptors (Lipinski definition) is 4. The van der Waals surface area contributed by atoms with Gasteiger partial charge in [-0.15, -0.1) is 0 Å². The van der Waals surface area contributed by atoms with Crippen molar-refractivity contribution >= 4 is 37.8 Å². The Bertz CT molecular complexity index is 1190. The molecule has 2 aliphatic heterocycles. The van der Waals surface area contributed by atoms with Gasteiger partial charge in [0.2, 0.25) is 5.91 Å². The Hall–Kier alpha value is -2.89. The number of piperazine rings is 1. The number of nitrogens with zero attached hydrogens (tertiary/aromatic N) is 5. The summed E-state index contributed by atoms with van der Waals surface area (Å²) in [5.41, 5.74) is 4.44. The van der Waals surface area contributed by atoms with E-state index in [-0.39, 0.29) is 27.1 Å². The highest BCUT2D eigenvalue weighted by atomic mass is 35.5. The predicted octanol–water partition coefficient (Wildman–Crippen LogP) is 3.73. The van der Waals surface area contributed by atoms with Crippen LogP contribution in [0.3, 0.4) is 0 Å². The molecule has 0 aliphatic carbocycles. The van der Waals surface area contributed by atoms with Crippen molar-refractivity contribution in [2.24, 2.45) is 0 Å². The second kappa shape index (κ2) is 9.16. The number of aromatic nitrogens is 2. The number of fused-ring (bicyclic) bond motifs is 1. The van der Waals surface area contributed by atoms with Crippen LogP contribution in [0.15, 0.2) is 54.6 Å². The quantitative estimate of drug-likeness (QED) is 0.533. The number of rotatable bonds is 4. The fraction of sp³-hybridized carbons (Fsp3) is 0.292. The average molecular weight is 482 g/mol. The summed E-state index contributed by atoms with van der Waals surface area (Å²) in [5, 5.41) is 5.32. The van der Waals surface area contributed by atoms with E-state index in [9.17, 15) is 9.59 Å². The molecular formula is C24H25ClN5O2P. The summed E-state index contributed by atoms with van der Waals surface area (Å²) in [6, 6.07) is 17.6. The van der Waals surface area contributed by atoms with E-state index in [0.29, 0.717) is 23.8 Å². The van der Waals surface area contributed by atoms with Crippen molar-refractivity contribution in [3.8, 4) is 5.69 Å². The van der Waals surface area contributed by atoms with Gasteiger partial charge in [-0.2, -0.15) is 5.10 Å². The second-order valence-corrected chi connectivity index (χ2v) is 9.88. The summed E-state index contributed by atoms with van der Waals surface area (Å²) in [7, 11) is 0.244. The molecule has 0 N–H and O–H groups in total. The van der Waals surface area contributed by atoms with E-state index >= 15 is 0 Å². The van der Waals surface area contributed by atoms with Gasteiger partial charge in [0, 0.05) is 54.3 Å². The molecule has 3 aromatic rings. The monoisotopic (exact) mass is 481 g/mol. The number of amides is 2. The molecule has 9 heteroatoms. The minimum Gasteiger partial charge on any atom is -0.368 e. The molecule has 1 aromatic heterocycles. The first kappa shape index (κ1) is 21.9. The third-order valence-corrected chi connectivity index (χ3v) is 7.72. The zero-order valence-electron chi connectivity index (χ0n) is 18.4. The predicted molar refractivity (Wildman–Crippen MR) is 132 cm³/mol. The number of benzene rings is 2. The van der Waals surface area contributed by atoms with E-state index < -0.39 is 0 Å². The topological polar surface area (TPSA) is 61.7 Å². The standard InChI is InChI=1S/C24H25ClN5O2P/c1-17-21-16-33-29(24(32)23(21)26-30(17)19-7-3-2-4-8-19)15-22(31)28-12-10-27(11-13-28)20-9-5-6-18(25)14-20/h2-9,14,33H,10-13,15-16H2,1H3. The maximum Gasteiger partial charge on any atom is 0.278 e. The van der Waals surface area contributed by atoms with Gasteiger partial charge in [-0.05, 0) is 46.0 Å². The zero-order valence-corrected chi connectivity index (χ0v) is 20.1. The lowest BCUT2D eigenvalue weighted by Gasteiger charge is -2.37. The molecule has 5 rings (SSSR count). The third-order valence-electron chi connectivity index (χ3n) is 6.23. The smallest absolute Gasteiger partial charge is 0.278 e. The maximum atomic E-state index is 13.2. The Kier molecular flexibility index (Phi) is 6.09. The molecule has 1 fully saturated rings. The van der Waals surface area contributed by atoms with Crippen molar-refractivity contribution in [1.82, 2.24) is 19.4 Å². The molecule has 1 unspecified atom stereocenters. The molecule has 0 saturated carbocycles. The fourth-order valence-corrected chi connectivity index (χ4v) is 5.82. The molecule has 0 bridgehead atoms. The molecule has 1 saturated heterocycles. The Morgan fingerprint density at radius 2 is 1.76 bits per heavy atom. The average Bonchev–Trinajstić information content (AvgIpc) is 3.18. The van der Waals surface area contributed by atoms with Crippen molar-refractivity contribution in [2.45, 2.75) is 13.1 Å². The highest BCUT2D eigenvalue weighted by molar-refractivity contribution is 7.35. The van der Waals surface area contributed by atoms with E-state index in [2.05, 4.69) is 10.00 Å². The zero-order chi connectivity index (χ0) is 22.9. The summed E-state index contributed by atoms with van der Waals surface area (Å²) in [5.74, 6) is -0.164. The minimum atomic E-state index is -0.154. The number of hydrogen-bond donors (Lipinski definition) is 0. The van der Waals surface area contributed by atoms with Crippen LogP contribution < -0.4 is 4.90 Å². The van der Waals surface area contributed by atoms with Gasteiger partial charge in [-0.1, -0.05) is 35.9 Å². The van der Waals surface area contributed by atoms with Gasteiger partial charge >= 0.3 is 0 Å². The van der Waals surface area contributed by atoms with Gasteiger partial charge in [0.25, 0.3) is 5.91 Å². The molecule has 170 valence electrons. The Labute approximate surface area is 199 Å². The number of anilines is 1. The van der Waals surface area contributed by atoms with Gasteiger partial charge in [0.05, 0.1) is 5.69 Å². The molecule has 0 spiro atoms. The normalized spacial score (nSPS) is 16.9. The van der Waals surface area contributed by atoms with E-state index in [1.54, 1.807) is 4.67 Å². The number of carbonyl (C=O) groups is 2. The van der Waals surface area contributed by atoms with E-state index in [1.165, 1.54) is 0 Å². The SMILES string of the molecule is Cc1c2c(nn1-c1ccccc1)C(=O)N(CC(=O)N1CCN(c3cccc(Cl)c3)CC1)PC2. The van der Waals surface area contributed by atoms with Crippen LogP contribution in [0.4, 0.5) is 5.69 Å². The van der Waals surface area contributed by atoms with Gasteiger partial charge < -0.3 is 14.5 Å². The molecule has 2 aromatic carbocycles. The summed E-state index contributed by atoms with van der Waals surface area (Å²) < 4.78 is 3.49. The number of para-hydroxylation sites is 1. The first-order chi connectivity index (χ1) is 16.0. The molecule has 1 atom stereocenters. The molecule has 2 amide bonds. The van der Waals surface area contributed by atoms with Crippen molar-refractivity contribution in [3.05, 3.63) is 76.6 Å². The minimum absolute atomic E-state index is 0.00995. The molecule has 3 heterocycles. The van der Waals surface area contributed by atoms with Crippen LogP contribution in [0.25, 0.3) is 5.69 Å². The lowest BCUT2D eigenvalue weighted by Crippen LogP contribution is -2.51. The largest absolute Gasteiger partial charge is 0.368 e. The van der Waals surface area contributed by atoms with Gasteiger partial charge in [0.1, 0.15) is 6.54 Å². The van der Waals surface area contributed by atoms with E-state index in [0.717, 1.165) is 41.9 Å². The van der Waals surface area contributed by atoms with Gasteiger partial charge in [0.15, 0.2) is 5.69 Å². The van der Waals surface area contributed by atoms with Crippen molar-refractivity contribution < 1.29 is 9.59 Å². The van der Waals surface area contributed by atoms with E-state index in [4.69, 9.17) is 11.6 Å². The summed E-state index contributed by atoms with van der Waals surface area (Å²) in [6.45, 7) is 4.84. The Morgan fingerprint density at radius 3 is 2.48 bits per heavy atom. The summed E-state index contributed by atoms with van der Waals surface area (Å²) >= 11 is 6.11. The number of carbonyl (C=O) groups excluding carboxylic acids is 2. The maximum absolute atomic E-state index is 13.2. The molecule has 33 heavy (non-hydrogen) atoms. The molecular weight excluding hydrogens is 457 g/mol. The van der Waals surface area contributed by atoms with Crippen LogP contribution in [-0.4, -0.2) is 63.9 Å². The van der Waals surface area contributed by atoms with Crippen LogP contribution in [0, 0.1) is 6.92 Å². The fourth-order valence-electron chi connectivity index (χ4n) is 4.36. The summed E-state index contributed by atoms with van der Waals surface area (Å²) in [6.07, 6.45) is 0.732. The van der Waals surface area contributed by atoms with E-state index in [1.807, 2.05) is 71.1 Å². The molecule has 7 nitrogen and oxygen atoms in total. The number of halogens is 1. The third kappa shape index (κ3) is 4.35. The van der Waals surface area contributed by atoms with Crippen LogP contribution in [-0.2, 0) is 11.0 Å². The van der Waals surface area contributed by atoms with Crippen molar-refractivity contribution in [3.63, 3.8) is 0 Å². The van der Waals surface area contributed by atoms with Crippen LogP contribution in [0.1, 0.15) is 21.7 Å². The van der Waals surface area contributed by atoms with Gasteiger partial charge in [-0.25, -0.2) is 4.68 Å². The molecule has 0 radical (unpaired) electrons. The van der Waals surface area contributed by atoms with Crippen LogP contribution >= 0.6 is 20.3 Å². The highest BCUT2D eigenvalue weighted by Gasteiger charge is 2.33. The highest BCUT2D eigenvalue weighted by Crippen LogP contribution is 2.36.